The predicted molar refractivity (Wildman–Crippen MR) is 451 cm³/mol. The van der Waals surface area contributed by atoms with Crippen molar-refractivity contribution in [2.24, 2.45) is 0 Å². The van der Waals surface area contributed by atoms with E-state index in [0.717, 1.165) is 124 Å². The van der Waals surface area contributed by atoms with Crippen molar-refractivity contribution in [2.45, 2.75) is 62.2 Å². The lowest BCUT2D eigenvalue weighted by molar-refractivity contribution is 0.487. The topological polar surface area (TPSA) is 22.2 Å². The summed E-state index contributed by atoms with van der Waals surface area (Å²) < 4.78 is 7.61. The Hall–Kier alpha value is -12.2. The normalized spacial score (nSPS) is 13.0. The molecule has 506 valence electrons. The third-order valence-electron chi connectivity index (χ3n) is 21.9. The Kier molecular flexibility index (Phi) is 15.8. The van der Waals surface area contributed by atoms with E-state index in [1.165, 1.54) is 53.9 Å². The Balaban J connectivity index is 0.907. The van der Waals surface area contributed by atoms with Gasteiger partial charge in [0.05, 0.1) is 11.4 Å². The van der Waals surface area contributed by atoms with E-state index in [1.54, 1.807) is 0 Å². The lowest BCUT2D eigenvalue weighted by atomic mass is 9.31. The molecular weight excluding hydrogens is 1300 g/mol. The van der Waals surface area contributed by atoms with Gasteiger partial charge in [-0.2, -0.15) is 0 Å². The van der Waals surface area contributed by atoms with Crippen LogP contribution in [-0.2, 0) is 10.8 Å². The van der Waals surface area contributed by atoms with Gasteiger partial charge in [0, 0.05) is 83.9 Å². The van der Waals surface area contributed by atoms with Crippen molar-refractivity contribution < 1.29 is 4.74 Å². The minimum absolute atomic E-state index is 0.0544. The summed E-state index contributed by atoms with van der Waals surface area (Å²) in [6, 6.07) is 131. The number of benzene rings is 15. The number of para-hydroxylation sites is 6. The maximum absolute atomic E-state index is 7.61. The van der Waals surface area contributed by atoms with E-state index >= 15 is 0 Å². The second-order valence-corrected chi connectivity index (χ2v) is 31.5. The molecule has 106 heavy (non-hydrogen) atoms. The quantitative estimate of drug-likeness (QED) is 0.113. The fraction of sp³-hybridized carbons (Fsp3) is 0.0816. The number of nitrogens with zero attached hydrogens (tertiary/aromatic N) is 4. The van der Waals surface area contributed by atoms with Gasteiger partial charge in [0.2, 0.25) is 6.71 Å². The SMILES string of the molecule is CC(C)(C)c1ccc(-c2cccc(-c3ccc(C(C)(C)C)cc3)c2N2c3cc4c(cc3B3c5ccccc5Oc5cc(N(c6ccc(-c7ccccc7)cc6)c6ccc(-c7ccccc7)cc6)cc2c53)B2c3ccccc3N(c3ccccc3)c3cc(N(c5ccccc5)c5ccccc5)cc(c32)S4)cc1. The van der Waals surface area contributed by atoms with Gasteiger partial charge < -0.3 is 24.3 Å². The molecule has 5 nitrogen and oxygen atoms in total. The molecule has 4 heterocycles. The Bertz CT molecular complexity index is 5650. The van der Waals surface area contributed by atoms with Gasteiger partial charge in [-0.3, -0.25) is 0 Å². The van der Waals surface area contributed by atoms with E-state index in [2.05, 4.69) is 413 Å². The molecule has 0 fully saturated rings. The monoisotopic (exact) mass is 1380 g/mol. The highest BCUT2D eigenvalue weighted by Crippen LogP contribution is 2.54. The van der Waals surface area contributed by atoms with Gasteiger partial charge in [0.15, 0.2) is 0 Å². The molecular formula is C98H76B2N4OS. The number of anilines is 12. The summed E-state index contributed by atoms with van der Waals surface area (Å²) in [6.45, 7) is 13.4. The Labute approximate surface area is 627 Å². The van der Waals surface area contributed by atoms with Crippen molar-refractivity contribution in [1.82, 2.24) is 0 Å². The van der Waals surface area contributed by atoms with Crippen LogP contribution in [0.3, 0.4) is 0 Å². The van der Waals surface area contributed by atoms with Crippen LogP contribution >= 0.6 is 11.8 Å². The number of hydrogen-bond donors (Lipinski definition) is 0. The van der Waals surface area contributed by atoms with Crippen molar-refractivity contribution >= 4 is 126 Å². The Morgan fingerprint density at radius 3 is 1.25 bits per heavy atom. The molecule has 8 heteroatoms. The molecule has 0 amide bonds. The molecule has 0 aromatic heterocycles. The Morgan fingerprint density at radius 2 is 0.717 bits per heavy atom. The van der Waals surface area contributed by atoms with Gasteiger partial charge in [0.25, 0.3) is 6.71 Å². The van der Waals surface area contributed by atoms with Gasteiger partial charge in [-0.25, -0.2) is 0 Å². The van der Waals surface area contributed by atoms with Crippen molar-refractivity contribution in [2.75, 3.05) is 19.6 Å². The first-order chi connectivity index (χ1) is 51.8. The molecule has 4 aliphatic heterocycles. The molecule has 0 unspecified atom stereocenters. The number of ether oxygens (including phenoxy) is 1. The molecule has 0 atom stereocenters. The van der Waals surface area contributed by atoms with Crippen molar-refractivity contribution in [3.8, 4) is 56.0 Å². The maximum Gasteiger partial charge on any atom is 0.256 e. The van der Waals surface area contributed by atoms with Gasteiger partial charge >= 0.3 is 0 Å². The number of rotatable bonds is 12. The smallest absolute Gasteiger partial charge is 0.256 e. The van der Waals surface area contributed by atoms with Gasteiger partial charge in [-0.1, -0.05) is 307 Å². The molecule has 15 aromatic carbocycles. The summed E-state index contributed by atoms with van der Waals surface area (Å²) in [5.74, 6) is 1.67. The molecule has 0 spiro atoms. The van der Waals surface area contributed by atoms with Gasteiger partial charge in [0.1, 0.15) is 11.5 Å². The van der Waals surface area contributed by atoms with E-state index in [9.17, 15) is 0 Å². The van der Waals surface area contributed by atoms with Crippen LogP contribution < -0.4 is 57.1 Å². The van der Waals surface area contributed by atoms with E-state index < -0.39 is 0 Å². The van der Waals surface area contributed by atoms with Crippen LogP contribution in [0.2, 0.25) is 0 Å². The van der Waals surface area contributed by atoms with E-state index in [-0.39, 0.29) is 24.3 Å². The minimum atomic E-state index is -0.240. The molecule has 0 bridgehead atoms. The van der Waals surface area contributed by atoms with Crippen LogP contribution in [0.1, 0.15) is 52.7 Å². The first-order valence-corrected chi connectivity index (χ1v) is 37.8. The average molecular weight is 1380 g/mol. The van der Waals surface area contributed by atoms with Crippen LogP contribution in [0.5, 0.6) is 11.5 Å². The van der Waals surface area contributed by atoms with Crippen LogP contribution in [0.25, 0.3) is 44.5 Å². The molecule has 19 rings (SSSR count). The third-order valence-corrected chi connectivity index (χ3v) is 23.0. The Morgan fingerprint density at radius 1 is 0.283 bits per heavy atom. The van der Waals surface area contributed by atoms with Gasteiger partial charge in [-0.05, 0) is 180 Å². The average Bonchev–Trinajstić information content (AvgIpc) is 0.689. The molecule has 0 radical (unpaired) electrons. The van der Waals surface area contributed by atoms with Crippen LogP contribution in [-0.4, -0.2) is 13.4 Å². The highest BCUT2D eigenvalue weighted by Gasteiger charge is 2.48. The zero-order valence-electron chi connectivity index (χ0n) is 60.2. The van der Waals surface area contributed by atoms with Crippen LogP contribution in [0, 0.1) is 0 Å². The summed E-state index contributed by atoms with van der Waals surface area (Å²) in [5.41, 5.74) is 31.9. The van der Waals surface area contributed by atoms with Crippen LogP contribution in [0.15, 0.2) is 362 Å². The summed E-state index contributed by atoms with van der Waals surface area (Å²) in [5, 5.41) is 0. The predicted octanol–water partition coefficient (Wildman–Crippen LogP) is 23.1. The molecule has 4 aliphatic rings. The molecule has 0 saturated carbocycles. The first-order valence-electron chi connectivity index (χ1n) is 36.9. The maximum atomic E-state index is 7.61. The molecule has 15 aromatic rings. The summed E-state index contributed by atoms with van der Waals surface area (Å²) in [6.07, 6.45) is 0. The lowest BCUT2D eigenvalue weighted by Gasteiger charge is -2.44. The highest BCUT2D eigenvalue weighted by molar-refractivity contribution is 8.00. The largest absolute Gasteiger partial charge is 0.458 e. The first kappa shape index (κ1) is 64.6. The van der Waals surface area contributed by atoms with Crippen LogP contribution in [0.4, 0.5) is 68.2 Å². The summed E-state index contributed by atoms with van der Waals surface area (Å²) in [7, 11) is 0. The lowest BCUT2D eigenvalue weighted by Crippen LogP contribution is -2.63. The highest BCUT2D eigenvalue weighted by atomic mass is 32.2. The van der Waals surface area contributed by atoms with E-state index in [4.69, 9.17) is 4.74 Å². The van der Waals surface area contributed by atoms with Crippen molar-refractivity contribution in [1.29, 1.82) is 0 Å². The summed E-state index contributed by atoms with van der Waals surface area (Å²) in [4.78, 5) is 12.5. The minimum Gasteiger partial charge on any atom is -0.458 e. The molecule has 0 saturated heterocycles. The van der Waals surface area contributed by atoms with Crippen molar-refractivity contribution in [3.05, 3.63) is 363 Å². The van der Waals surface area contributed by atoms with Crippen molar-refractivity contribution in [3.63, 3.8) is 0 Å². The second-order valence-electron chi connectivity index (χ2n) is 30.4. The number of hydrogen-bond acceptors (Lipinski definition) is 6. The standard InChI is InChI=1S/C98H76B2N4OS/c1-97(2,3)71-51-43-69(44-52-71)80-37-26-38-81(70-45-53-72(54-46-70)98(4,5)6)96(80)104-87-64-92-85(99-82-39-22-24-41-86(82)103(75-35-20-11-21-36-75)89-60-79(62-93(106-92)95(89)99)101(73-31-16-9-17-32-73)74-33-18-10-19-34-74)63-84(87)100-83-40-23-25-42-90(83)105-91-61-78(59-88(104)94(91)100)102(76-55-47-67(48-56-76)65-27-12-7-13-28-65)77-57-49-68(50-58-77)66-29-14-8-15-30-66/h7-64H,1-6H3. The zero-order chi connectivity index (χ0) is 71.4. The summed E-state index contributed by atoms with van der Waals surface area (Å²) >= 11 is 1.90. The number of fused-ring (bicyclic) bond motifs is 8. The molecule has 0 aliphatic carbocycles. The fourth-order valence-electron chi connectivity index (χ4n) is 16.7. The third kappa shape index (κ3) is 11.2. The second kappa shape index (κ2) is 25.9. The zero-order valence-corrected chi connectivity index (χ0v) is 61.1. The van der Waals surface area contributed by atoms with E-state index in [0.29, 0.717) is 0 Å². The fourth-order valence-corrected chi connectivity index (χ4v) is 17.9. The van der Waals surface area contributed by atoms with Gasteiger partial charge in [-0.15, -0.1) is 0 Å². The van der Waals surface area contributed by atoms with E-state index in [1.807, 2.05) is 11.8 Å². The molecule has 0 N–H and O–H groups in total.